The first-order valence-electron chi connectivity index (χ1n) is 6.79. The molecule has 0 spiro atoms. The Kier molecular flexibility index (Phi) is 4.67. The number of nitro groups is 1. The summed E-state index contributed by atoms with van der Waals surface area (Å²) >= 11 is 0. The van der Waals surface area contributed by atoms with E-state index >= 15 is 0 Å². The molecule has 0 aromatic heterocycles. The summed E-state index contributed by atoms with van der Waals surface area (Å²) in [4.78, 5) is 14.4. The van der Waals surface area contributed by atoms with Crippen molar-refractivity contribution in [3.05, 3.63) is 39.7 Å². The molecule has 0 N–H and O–H groups in total. The fourth-order valence-electron chi connectivity index (χ4n) is 2.71. The minimum atomic E-state index is -0.762. The van der Waals surface area contributed by atoms with Gasteiger partial charge in [0.2, 0.25) is 5.82 Å². The van der Waals surface area contributed by atoms with Gasteiger partial charge in [-0.15, -0.1) is 0 Å². The van der Waals surface area contributed by atoms with Gasteiger partial charge in [-0.25, -0.2) is 0 Å². The molecule has 1 atom stereocenters. The summed E-state index contributed by atoms with van der Waals surface area (Å²) in [6.45, 7) is 2.73. The fraction of sp³-hybridized carbons (Fsp3) is 0.571. The van der Waals surface area contributed by atoms with Crippen molar-refractivity contribution >= 4 is 5.69 Å². The van der Waals surface area contributed by atoms with E-state index in [2.05, 4.69) is 16.8 Å². The lowest BCUT2D eigenvalue weighted by Gasteiger charge is -2.35. The van der Waals surface area contributed by atoms with Gasteiger partial charge in [-0.1, -0.05) is 6.07 Å². The van der Waals surface area contributed by atoms with Crippen LogP contribution < -0.4 is 0 Å². The lowest BCUT2D eigenvalue weighted by atomic mass is 10.0. The second-order valence-electron chi connectivity index (χ2n) is 5.52. The Hall–Kier alpha value is -1.53. The quantitative estimate of drug-likeness (QED) is 0.627. The summed E-state index contributed by atoms with van der Waals surface area (Å²) in [6.07, 6.45) is 2.30. The molecule has 0 aliphatic carbocycles. The number of likely N-dealkylation sites (tertiary alicyclic amines) is 1. The van der Waals surface area contributed by atoms with E-state index in [1.165, 1.54) is 18.6 Å². The summed E-state index contributed by atoms with van der Waals surface area (Å²) in [7, 11) is 4.12. The molecule has 0 amide bonds. The molecule has 0 bridgehead atoms. The second kappa shape index (κ2) is 6.28. The monoisotopic (exact) mass is 281 g/mol. The number of rotatable bonds is 4. The van der Waals surface area contributed by atoms with Crippen molar-refractivity contribution < 1.29 is 9.31 Å². The van der Waals surface area contributed by atoms with Crippen molar-refractivity contribution in [1.82, 2.24) is 9.80 Å². The van der Waals surface area contributed by atoms with Crippen molar-refractivity contribution in [3.63, 3.8) is 0 Å². The van der Waals surface area contributed by atoms with Gasteiger partial charge in [-0.2, -0.15) is 4.39 Å². The molecule has 1 aliphatic rings. The van der Waals surface area contributed by atoms with Crippen molar-refractivity contribution in [3.8, 4) is 0 Å². The van der Waals surface area contributed by atoms with Gasteiger partial charge in [-0.05, 0) is 45.1 Å². The third-order valence-corrected chi connectivity index (χ3v) is 3.86. The van der Waals surface area contributed by atoms with Crippen LogP contribution in [0.5, 0.6) is 0 Å². The van der Waals surface area contributed by atoms with Crippen LogP contribution in [0.2, 0.25) is 0 Å². The zero-order valence-corrected chi connectivity index (χ0v) is 11.9. The van der Waals surface area contributed by atoms with Crippen LogP contribution in [0.15, 0.2) is 18.2 Å². The third-order valence-electron chi connectivity index (χ3n) is 3.86. The molecule has 0 radical (unpaired) electrons. The molecule has 6 heteroatoms. The third kappa shape index (κ3) is 3.52. The maximum absolute atomic E-state index is 13.6. The highest BCUT2D eigenvalue weighted by molar-refractivity contribution is 5.34. The summed E-state index contributed by atoms with van der Waals surface area (Å²) < 4.78 is 13.6. The molecule has 110 valence electrons. The molecule has 1 fully saturated rings. The van der Waals surface area contributed by atoms with E-state index in [-0.39, 0.29) is 0 Å². The van der Waals surface area contributed by atoms with Gasteiger partial charge in [0.15, 0.2) is 0 Å². The molecule has 1 aromatic carbocycles. The maximum Gasteiger partial charge on any atom is 0.304 e. The molecule has 1 saturated heterocycles. The molecular formula is C14H20FN3O2. The van der Waals surface area contributed by atoms with Crippen LogP contribution in [-0.4, -0.2) is 47.9 Å². The predicted molar refractivity (Wildman–Crippen MR) is 75.0 cm³/mol. The highest BCUT2D eigenvalue weighted by atomic mass is 19.1. The van der Waals surface area contributed by atoms with Crippen molar-refractivity contribution in [1.29, 1.82) is 0 Å². The predicted octanol–water partition coefficient (Wildman–Crippen LogP) is 2.26. The minimum absolute atomic E-state index is 0.451. The smallest absolute Gasteiger partial charge is 0.304 e. The van der Waals surface area contributed by atoms with E-state index in [1.54, 1.807) is 6.07 Å². The van der Waals surface area contributed by atoms with Gasteiger partial charge in [0.05, 0.1) is 4.92 Å². The summed E-state index contributed by atoms with van der Waals surface area (Å²) in [6, 6.07) is 4.59. The van der Waals surface area contributed by atoms with E-state index in [0.717, 1.165) is 25.1 Å². The van der Waals surface area contributed by atoms with Gasteiger partial charge in [0.25, 0.3) is 0 Å². The largest absolute Gasteiger partial charge is 0.305 e. The molecule has 2 rings (SSSR count). The lowest BCUT2D eigenvalue weighted by molar-refractivity contribution is -0.387. The van der Waals surface area contributed by atoms with Crippen LogP contribution in [0.3, 0.4) is 0 Å². The average Bonchev–Trinajstić information content (AvgIpc) is 2.38. The average molecular weight is 281 g/mol. The van der Waals surface area contributed by atoms with E-state index < -0.39 is 16.4 Å². The normalized spacial score (nSPS) is 20.3. The van der Waals surface area contributed by atoms with Crippen LogP contribution in [0.4, 0.5) is 10.1 Å². The number of hydrogen-bond acceptors (Lipinski definition) is 4. The summed E-state index contributed by atoms with van der Waals surface area (Å²) in [5.41, 5.74) is 0.303. The van der Waals surface area contributed by atoms with Crippen LogP contribution in [-0.2, 0) is 6.54 Å². The Balaban J connectivity index is 2.02. The highest BCUT2D eigenvalue weighted by Crippen LogP contribution is 2.20. The number of hydrogen-bond donors (Lipinski definition) is 0. The standard InChI is InChI=1S/C14H20FN3O2/c1-16-7-3-4-12(10-16)17(2)9-11-5-6-14(18(19)20)13(15)8-11/h5-6,8,12H,3-4,7,9-10H2,1-2H3. The number of nitro benzene ring substituents is 1. The Morgan fingerprint density at radius 3 is 2.90 bits per heavy atom. The Morgan fingerprint density at radius 1 is 1.55 bits per heavy atom. The molecule has 5 nitrogen and oxygen atoms in total. The number of likely N-dealkylation sites (N-methyl/N-ethyl adjacent to an activating group) is 2. The van der Waals surface area contributed by atoms with Gasteiger partial charge in [0, 0.05) is 25.2 Å². The zero-order chi connectivity index (χ0) is 14.7. The summed E-state index contributed by atoms with van der Waals surface area (Å²) in [5.74, 6) is -0.762. The maximum atomic E-state index is 13.6. The lowest BCUT2D eigenvalue weighted by Crippen LogP contribution is -2.44. The van der Waals surface area contributed by atoms with Gasteiger partial charge >= 0.3 is 5.69 Å². The highest BCUT2D eigenvalue weighted by Gasteiger charge is 2.21. The molecule has 1 aliphatic heterocycles. The van der Waals surface area contributed by atoms with Crippen LogP contribution in [0.25, 0.3) is 0 Å². The number of benzene rings is 1. The van der Waals surface area contributed by atoms with Gasteiger partial charge in [0.1, 0.15) is 0 Å². The molecule has 1 aromatic rings. The molecular weight excluding hydrogens is 261 g/mol. The first-order chi connectivity index (χ1) is 9.47. The molecule has 20 heavy (non-hydrogen) atoms. The Bertz CT molecular complexity index is 495. The van der Waals surface area contributed by atoms with E-state index in [1.807, 2.05) is 7.05 Å². The summed E-state index contributed by atoms with van der Waals surface area (Å²) in [5, 5.41) is 10.6. The first kappa shape index (κ1) is 14.9. The van der Waals surface area contributed by atoms with Gasteiger partial charge < -0.3 is 4.90 Å². The topological polar surface area (TPSA) is 49.6 Å². The van der Waals surface area contributed by atoms with Crippen LogP contribution in [0.1, 0.15) is 18.4 Å². The fourth-order valence-corrected chi connectivity index (χ4v) is 2.71. The van der Waals surface area contributed by atoms with Crippen LogP contribution in [0, 0.1) is 15.9 Å². The number of halogens is 1. The molecule has 0 saturated carbocycles. The van der Waals surface area contributed by atoms with E-state index in [4.69, 9.17) is 0 Å². The van der Waals surface area contributed by atoms with E-state index in [9.17, 15) is 14.5 Å². The van der Waals surface area contributed by atoms with Crippen molar-refractivity contribution in [2.45, 2.75) is 25.4 Å². The van der Waals surface area contributed by atoms with Crippen LogP contribution >= 0.6 is 0 Å². The first-order valence-corrected chi connectivity index (χ1v) is 6.79. The van der Waals surface area contributed by atoms with Gasteiger partial charge in [-0.3, -0.25) is 15.0 Å². The minimum Gasteiger partial charge on any atom is -0.305 e. The van der Waals surface area contributed by atoms with E-state index in [0.29, 0.717) is 12.6 Å². The Morgan fingerprint density at radius 2 is 2.30 bits per heavy atom. The Labute approximate surface area is 118 Å². The SMILES string of the molecule is CN1CCCC(N(C)Cc2ccc([N+](=O)[O-])c(F)c2)C1. The number of piperidine rings is 1. The second-order valence-corrected chi connectivity index (χ2v) is 5.52. The molecule has 1 unspecified atom stereocenters. The number of nitrogens with zero attached hydrogens (tertiary/aromatic N) is 3. The van der Waals surface area contributed by atoms with Crippen molar-refractivity contribution in [2.24, 2.45) is 0 Å². The molecule has 1 heterocycles. The zero-order valence-electron chi connectivity index (χ0n) is 11.9. The van der Waals surface area contributed by atoms with Crippen molar-refractivity contribution in [2.75, 3.05) is 27.2 Å².